The molecule has 3 heteroatoms. The lowest BCUT2D eigenvalue weighted by Gasteiger charge is -2.56. The van der Waals surface area contributed by atoms with Gasteiger partial charge in [-0.2, -0.15) is 0 Å². The summed E-state index contributed by atoms with van der Waals surface area (Å²) in [5, 5.41) is 3.28. The Kier molecular flexibility index (Phi) is 3.52. The molecule has 0 aromatic rings. The van der Waals surface area contributed by atoms with Crippen molar-refractivity contribution in [2.24, 2.45) is 28.9 Å². The van der Waals surface area contributed by atoms with Crippen LogP contribution in [0.3, 0.4) is 0 Å². The Morgan fingerprint density at radius 1 is 1.00 bits per heavy atom. The third-order valence-electron chi connectivity index (χ3n) is 6.87. The minimum Gasteiger partial charge on any atom is -0.352 e. The number of carbonyl (C=O) groups excluding carboxylic acids is 1. The second kappa shape index (κ2) is 5.26. The highest BCUT2D eigenvalue weighted by Gasteiger charge is 2.51. The van der Waals surface area contributed by atoms with Crippen LogP contribution < -0.4 is 11.1 Å². The number of carbonyl (C=O) groups is 1. The molecule has 3 N–H and O–H groups in total. The van der Waals surface area contributed by atoms with Crippen molar-refractivity contribution < 1.29 is 4.79 Å². The largest absolute Gasteiger partial charge is 0.352 e. The molecular weight excluding hydrogens is 260 g/mol. The summed E-state index contributed by atoms with van der Waals surface area (Å²) in [4.78, 5) is 12.6. The normalized spacial score (nSPS) is 48.3. The van der Waals surface area contributed by atoms with Gasteiger partial charge in [-0.05, 0) is 74.5 Å². The van der Waals surface area contributed by atoms with Crippen LogP contribution in [0.25, 0.3) is 0 Å². The Hall–Kier alpha value is -0.570. The zero-order valence-electron chi connectivity index (χ0n) is 13.2. The SMILES string of the molecule is N[C@@H]1CCCC[C@H]1NC(=O)CC12CC3CC(CC(C3)C1)C2. The molecule has 5 saturated carbocycles. The van der Waals surface area contributed by atoms with Gasteiger partial charge in [-0.3, -0.25) is 4.79 Å². The molecular formula is C18H30N2O. The van der Waals surface area contributed by atoms with E-state index in [1.807, 2.05) is 0 Å². The summed E-state index contributed by atoms with van der Waals surface area (Å²) < 4.78 is 0. The van der Waals surface area contributed by atoms with Gasteiger partial charge in [0.05, 0.1) is 0 Å². The van der Waals surface area contributed by atoms with Crippen LogP contribution in [0.15, 0.2) is 0 Å². The summed E-state index contributed by atoms with van der Waals surface area (Å²) in [5.41, 5.74) is 6.53. The quantitative estimate of drug-likeness (QED) is 0.839. The van der Waals surface area contributed by atoms with Gasteiger partial charge in [0.25, 0.3) is 0 Å². The molecule has 5 aliphatic rings. The summed E-state index contributed by atoms with van der Waals surface area (Å²) in [7, 11) is 0. The Morgan fingerprint density at radius 3 is 2.14 bits per heavy atom. The first kappa shape index (κ1) is 14.0. The molecule has 118 valence electrons. The standard InChI is InChI=1S/C18H30N2O/c19-15-3-1-2-4-16(15)20-17(21)11-18-8-12-5-13(9-18)7-14(6-12)10-18/h12-16H,1-11,19H2,(H,20,21)/t12?,13?,14?,15-,16-,18?/m1/s1. The fourth-order valence-corrected chi connectivity index (χ4v) is 6.44. The van der Waals surface area contributed by atoms with Gasteiger partial charge in [0.15, 0.2) is 0 Å². The Balaban J connectivity index is 1.38. The van der Waals surface area contributed by atoms with Crippen LogP contribution >= 0.6 is 0 Å². The van der Waals surface area contributed by atoms with Gasteiger partial charge in [-0.15, -0.1) is 0 Å². The molecule has 1 amide bonds. The Bertz CT molecular complexity index is 384. The minimum absolute atomic E-state index is 0.180. The monoisotopic (exact) mass is 290 g/mol. The summed E-state index contributed by atoms with van der Waals surface area (Å²) in [5.74, 6) is 3.09. The lowest BCUT2D eigenvalue weighted by Crippen LogP contribution is -2.52. The van der Waals surface area contributed by atoms with Crippen LogP contribution in [-0.4, -0.2) is 18.0 Å². The van der Waals surface area contributed by atoms with Crippen LogP contribution in [0.4, 0.5) is 0 Å². The summed E-state index contributed by atoms with van der Waals surface area (Å²) in [6.45, 7) is 0. The Morgan fingerprint density at radius 2 is 1.57 bits per heavy atom. The van der Waals surface area contributed by atoms with Gasteiger partial charge in [-0.25, -0.2) is 0 Å². The van der Waals surface area contributed by atoms with Crippen molar-refractivity contribution in [3.05, 3.63) is 0 Å². The van der Waals surface area contributed by atoms with Crippen LogP contribution in [-0.2, 0) is 4.79 Å². The molecule has 5 rings (SSSR count). The topological polar surface area (TPSA) is 55.1 Å². The predicted octanol–water partition coefficient (Wildman–Crippen LogP) is 2.98. The van der Waals surface area contributed by atoms with E-state index in [2.05, 4.69) is 5.32 Å². The molecule has 0 saturated heterocycles. The van der Waals surface area contributed by atoms with Gasteiger partial charge in [0.2, 0.25) is 5.91 Å². The number of nitrogens with two attached hydrogens (primary N) is 1. The first-order chi connectivity index (χ1) is 10.1. The van der Waals surface area contributed by atoms with Crippen molar-refractivity contribution in [2.45, 2.75) is 82.7 Å². The second-order valence-electron chi connectivity index (χ2n) is 8.72. The molecule has 0 aromatic heterocycles. The molecule has 0 spiro atoms. The first-order valence-corrected chi connectivity index (χ1v) is 9.17. The number of rotatable bonds is 3. The van der Waals surface area contributed by atoms with E-state index < -0.39 is 0 Å². The zero-order chi connectivity index (χ0) is 14.4. The highest BCUT2D eigenvalue weighted by atomic mass is 16.1. The molecule has 21 heavy (non-hydrogen) atoms. The summed E-state index contributed by atoms with van der Waals surface area (Å²) in [6, 6.07) is 0.416. The van der Waals surface area contributed by atoms with E-state index in [1.165, 1.54) is 51.4 Å². The van der Waals surface area contributed by atoms with Crippen LogP contribution in [0.1, 0.15) is 70.6 Å². The molecule has 0 aromatic carbocycles. The van der Waals surface area contributed by atoms with Crippen molar-refractivity contribution >= 4 is 5.91 Å². The molecule has 4 bridgehead atoms. The van der Waals surface area contributed by atoms with Crippen molar-refractivity contribution in [2.75, 3.05) is 0 Å². The lowest BCUT2D eigenvalue weighted by atomic mass is 9.49. The highest BCUT2D eigenvalue weighted by molar-refractivity contribution is 5.77. The second-order valence-corrected chi connectivity index (χ2v) is 8.72. The number of nitrogens with one attached hydrogen (secondary N) is 1. The van der Waals surface area contributed by atoms with Crippen molar-refractivity contribution in [3.63, 3.8) is 0 Å². The van der Waals surface area contributed by atoms with Gasteiger partial charge in [-0.1, -0.05) is 12.8 Å². The fraction of sp³-hybridized carbons (Fsp3) is 0.944. The van der Waals surface area contributed by atoms with Crippen LogP contribution in [0.2, 0.25) is 0 Å². The van der Waals surface area contributed by atoms with Gasteiger partial charge >= 0.3 is 0 Å². The third-order valence-corrected chi connectivity index (χ3v) is 6.87. The summed E-state index contributed by atoms with van der Waals surface area (Å²) >= 11 is 0. The number of amides is 1. The van der Waals surface area contributed by atoms with E-state index in [-0.39, 0.29) is 12.1 Å². The van der Waals surface area contributed by atoms with E-state index >= 15 is 0 Å². The van der Waals surface area contributed by atoms with Crippen molar-refractivity contribution in [1.82, 2.24) is 5.32 Å². The van der Waals surface area contributed by atoms with Gasteiger partial charge in [0.1, 0.15) is 0 Å². The first-order valence-electron chi connectivity index (χ1n) is 9.17. The number of hydrogen-bond donors (Lipinski definition) is 2. The average molecular weight is 290 g/mol. The van der Waals surface area contributed by atoms with Crippen molar-refractivity contribution in [3.8, 4) is 0 Å². The Labute approximate surface area is 128 Å². The van der Waals surface area contributed by atoms with Crippen LogP contribution in [0, 0.1) is 23.2 Å². The van der Waals surface area contributed by atoms with E-state index in [1.54, 1.807) is 0 Å². The zero-order valence-corrected chi connectivity index (χ0v) is 13.2. The molecule has 5 aliphatic carbocycles. The summed E-state index contributed by atoms with van der Waals surface area (Å²) in [6.07, 6.45) is 13.7. The molecule has 0 aliphatic heterocycles. The fourth-order valence-electron chi connectivity index (χ4n) is 6.44. The van der Waals surface area contributed by atoms with Gasteiger partial charge < -0.3 is 11.1 Å². The number of hydrogen-bond acceptors (Lipinski definition) is 2. The maximum Gasteiger partial charge on any atom is 0.220 e. The van der Waals surface area contributed by atoms with E-state index in [9.17, 15) is 4.79 Å². The maximum absolute atomic E-state index is 12.6. The highest BCUT2D eigenvalue weighted by Crippen LogP contribution is 2.61. The lowest BCUT2D eigenvalue weighted by molar-refractivity contribution is -0.130. The van der Waals surface area contributed by atoms with E-state index in [0.717, 1.165) is 37.0 Å². The van der Waals surface area contributed by atoms with Crippen molar-refractivity contribution in [1.29, 1.82) is 0 Å². The molecule has 0 heterocycles. The molecule has 0 radical (unpaired) electrons. The third kappa shape index (κ3) is 2.74. The maximum atomic E-state index is 12.6. The average Bonchev–Trinajstić information content (AvgIpc) is 2.39. The molecule has 0 unspecified atom stereocenters. The molecule has 3 nitrogen and oxygen atoms in total. The molecule has 5 fully saturated rings. The predicted molar refractivity (Wildman–Crippen MR) is 83.6 cm³/mol. The van der Waals surface area contributed by atoms with Gasteiger partial charge in [0, 0.05) is 18.5 Å². The smallest absolute Gasteiger partial charge is 0.220 e. The van der Waals surface area contributed by atoms with Crippen LogP contribution in [0.5, 0.6) is 0 Å². The van der Waals surface area contributed by atoms with E-state index in [0.29, 0.717) is 11.3 Å². The van der Waals surface area contributed by atoms with E-state index in [4.69, 9.17) is 5.73 Å². The molecule has 2 atom stereocenters. The minimum atomic E-state index is 0.180.